The van der Waals surface area contributed by atoms with Crippen LogP contribution >= 0.6 is 0 Å². The maximum atomic E-state index is 11.7. The van der Waals surface area contributed by atoms with Crippen molar-refractivity contribution in [3.63, 3.8) is 0 Å². The van der Waals surface area contributed by atoms with E-state index in [-0.39, 0.29) is 11.7 Å². The summed E-state index contributed by atoms with van der Waals surface area (Å²) < 4.78 is 5.40. The van der Waals surface area contributed by atoms with Crippen LogP contribution in [0.1, 0.15) is 25.8 Å². The van der Waals surface area contributed by atoms with Crippen LogP contribution in [-0.4, -0.2) is 30.7 Å². The molecular weight excluding hydrogens is 286 g/mol. The summed E-state index contributed by atoms with van der Waals surface area (Å²) in [5.41, 5.74) is 0.934. The minimum absolute atomic E-state index is 0.0140. The van der Waals surface area contributed by atoms with Crippen molar-refractivity contribution in [3.05, 3.63) is 33.9 Å². The van der Waals surface area contributed by atoms with Crippen LogP contribution in [0.3, 0.4) is 0 Å². The molecule has 122 valence electrons. The van der Waals surface area contributed by atoms with Crippen LogP contribution in [0.25, 0.3) is 0 Å². The minimum Gasteiger partial charge on any atom is -0.381 e. The zero-order chi connectivity index (χ0) is 16.5. The van der Waals surface area contributed by atoms with E-state index in [2.05, 4.69) is 24.5 Å². The summed E-state index contributed by atoms with van der Waals surface area (Å²) in [7, 11) is 0. The summed E-state index contributed by atoms with van der Waals surface area (Å²) in [6.45, 7) is 7.59. The molecule has 2 N–H and O–H groups in total. The molecule has 1 aromatic carbocycles. The molecule has 7 heteroatoms. The third-order valence-corrected chi connectivity index (χ3v) is 2.87. The SMILES string of the molecule is Cc1ccc(NC(=O)NCCCOCC(C)C)cc1[N+](=O)[O-]. The number of carbonyl (C=O) groups is 1. The standard InChI is InChI=1S/C15H23N3O4/c1-11(2)10-22-8-4-7-16-15(19)17-13-6-5-12(3)14(9-13)18(20)21/h5-6,9,11H,4,7-8,10H2,1-3H3,(H2,16,17,19). The number of urea groups is 1. The van der Waals surface area contributed by atoms with E-state index in [0.29, 0.717) is 43.3 Å². The molecule has 0 saturated carbocycles. The number of ether oxygens (including phenoxy) is 1. The Morgan fingerprint density at radius 3 is 2.77 bits per heavy atom. The Morgan fingerprint density at radius 2 is 2.14 bits per heavy atom. The van der Waals surface area contributed by atoms with E-state index in [1.54, 1.807) is 19.1 Å². The number of carbonyl (C=O) groups excluding carboxylic acids is 1. The Hall–Kier alpha value is -2.15. The van der Waals surface area contributed by atoms with Crippen molar-refractivity contribution in [3.8, 4) is 0 Å². The van der Waals surface area contributed by atoms with Gasteiger partial charge < -0.3 is 15.4 Å². The van der Waals surface area contributed by atoms with Crippen LogP contribution in [0.4, 0.5) is 16.2 Å². The number of aryl methyl sites for hydroxylation is 1. The highest BCUT2D eigenvalue weighted by molar-refractivity contribution is 5.89. The number of nitro benzene ring substituents is 1. The second-order valence-corrected chi connectivity index (χ2v) is 5.46. The molecule has 22 heavy (non-hydrogen) atoms. The van der Waals surface area contributed by atoms with Crippen molar-refractivity contribution < 1.29 is 14.5 Å². The Labute approximate surface area is 130 Å². The molecule has 0 aliphatic heterocycles. The summed E-state index contributed by atoms with van der Waals surface area (Å²) in [5, 5.41) is 16.1. The van der Waals surface area contributed by atoms with Gasteiger partial charge in [0.25, 0.3) is 5.69 Å². The van der Waals surface area contributed by atoms with Gasteiger partial charge in [0.1, 0.15) is 0 Å². The minimum atomic E-state index is -0.468. The lowest BCUT2D eigenvalue weighted by atomic mass is 10.2. The molecule has 0 aromatic heterocycles. The number of nitrogens with zero attached hydrogens (tertiary/aromatic N) is 1. The van der Waals surface area contributed by atoms with Gasteiger partial charge in [0.2, 0.25) is 0 Å². The van der Waals surface area contributed by atoms with Crippen molar-refractivity contribution in [1.29, 1.82) is 0 Å². The fraction of sp³-hybridized carbons (Fsp3) is 0.533. The third-order valence-electron chi connectivity index (χ3n) is 2.87. The zero-order valence-electron chi connectivity index (χ0n) is 13.2. The molecule has 7 nitrogen and oxygen atoms in total. The molecule has 2 amide bonds. The van der Waals surface area contributed by atoms with Crippen LogP contribution in [0.15, 0.2) is 18.2 Å². The molecule has 0 unspecified atom stereocenters. The fourth-order valence-corrected chi connectivity index (χ4v) is 1.75. The first-order valence-electron chi connectivity index (χ1n) is 7.27. The number of rotatable bonds is 8. The zero-order valence-corrected chi connectivity index (χ0v) is 13.2. The van der Waals surface area contributed by atoms with Crippen LogP contribution in [0.2, 0.25) is 0 Å². The number of hydrogen-bond donors (Lipinski definition) is 2. The lowest BCUT2D eigenvalue weighted by Crippen LogP contribution is -2.30. The molecular formula is C15H23N3O4. The van der Waals surface area contributed by atoms with E-state index in [9.17, 15) is 14.9 Å². The fourth-order valence-electron chi connectivity index (χ4n) is 1.75. The largest absolute Gasteiger partial charge is 0.381 e. The normalized spacial score (nSPS) is 10.5. The quantitative estimate of drug-likeness (QED) is 0.438. The third kappa shape index (κ3) is 6.53. The predicted octanol–water partition coefficient (Wildman–Crippen LogP) is 3.09. The molecule has 0 fully saturated rings. The lowest BCUT2D eigenvalue weighted by Gasteiger charge is -2.09. The molecule has 0 saturated heterocycles. The number of benzene rings is 1. The van der Waals surface area contributed by atoms with Gasteiger partial charge in [0.15, 0.2) is 0 Å². The second kappa shape index (κ2) is 8.99. The molecule has 0 bridgehead atoms. The first-order valence-corrected chi connectivity index (χ1v) is 7.27. The highest BCUT2D eigenvalue weighted by Crippen LogP contribution is 2.22. The van der Waals surface area contributed by atoms with Crippen molar-refractivity contribution >= 4 is 17.4 Å². The second-order valence-electron chi connectivity index (χ2n) is 5.46. The van der Waals surface area contributed by atoms with Gasteiger partial charge in [-0.15, -0.1) is 0 Å². The van der Waals surface area contributed by atoms with Crippen LogP contribution in [-0.2, 0) is 4.74 Å². The Morgan fingerprint density at radius 1 is 1.41 bits per heavy atom. The summed E-state index contributed by atoms with van der Waals surface area (Å²) in [5.74, 6) is 0.494. The molecule has 0 aliphatic carbocycles. The van der Waals surface area contributed by atoms with E-state index in [1.807, 2.05) is 0 Å². The highest BCUT2D eigenvalue weighted by Gasteiger charge is 2.12. The maximum Gasteiger partial charge on any atom is 0.319 e. The van der Waals surface area contributed by atoms with Gasteiger partial charge in [0, 0.05) is 37.1 Å². The van der Waals surface area contributed by atoms with E-state index < -0.39 is 4.92 Å². The summed E-state index contributed by atoms with van der Waals surface area (Å²) in [4.78, 5) is 22.1. The molecule has 0 heterocycles. The molecule has 0 aliphatic rings. The van der Waals surface area contributed by atoms with E-state index in [0.717, 1.165) is 0 Å². The van der Waals surface area contributed by atoms with Crippen LogP contribution in [0.5, 0.6) is 0 Å². The number of nitrogens with one attached hydrogen (secondary N) is 2. The average Bonchev–Trinajstić information content (AvgIpc) is 2.44. The molecule has 1 rings (SSSR count). The lowest BCUT2D eigenvalue weighted by molar-refractivity contribution is -0.385. The maximum absolute atomic E-state index is 11.7. The number of nitro groups is 1. The number of hydrogen-bond acceptors (Lipinski definition) is 4. The molecule has 0 radical (unpaired) electrons. The summed E-state index contributed by atoms with van der Waals surface area (Å²) >= 11 is 0. The Kier molecular flexibility index (Phi) is 7.31. The monoisotopic (exact) mass is 309 g/mol. The van der Waals surface area contributed by atoms with Gasteiger partial charge in [-0.3, -0.25) is 10.1 Å². The van der Waals surface area contributed by atoms with E-state index >= 15 is 0 Å². The average molecular weight is 309 g/mol. The van der Waals surface area contributed by atoms with Gasteiger partial charge >= 0.3 is 6.03 Å². The summed E-state index contributed by atoms with van der Waals surface area (Å²) in [6, 6.07) is 4.20. The van der Waals surface area contributed by atoms with Crippen LogP contribution < -0.4 is 10.6 Å². The van der Waals surface area contributed by atoms with E-state index in [4.69, 9.17) is 4.74 Å². The molecule has 0 atom stereocenters. The Balaban J connectivity index is 2.33. The van der Waals surface area contributed by atoms with Gasteiger partial charge in [0.05, 0.1) is 4.92 Å². The van der Waals surface area contributed by atoms with Crippen molar-refractivity contribution in [2.24, 2.45) is 5.92 Å². The molecule has 0 spiro atoms. The van der Waals surface area contributed by atoms with Crippen molar-refractivity contribution in [1.82, 2.24) is 5.32 Å². The highest BCUT2D eigenvalue weighted by atomic mass is 16.6. The van der Waals surface area contributed by atoms with Gasteiger partial charge in [-0.1, -0.05) is 19.9 Å². The van der Waals surface area contributed by atoms with Crippen LogP contribution in [0, 0.1) is 23.0 Å². The first-order chi connectivity index (χ1) is 10.4. The number of anilines is 1. The van der Waals surface area contributed by atoms with Gasteiger partial charge in [-0.2, -0.15) is 0 Å². The summed E-state index contributed by atoms with van der Waals surface area (Å²) in [6.07, 6.45) is 0.716. The topological polar surface area (TPSA) is 93.5 Å². The van der Waals surface area contributed by atoms with Gasteiger partial charge in [-0.05, 0) is 25.3 Å². The molecule has 1 aromatic rings. The van der Waals surface area contributed by atoms with E-state index in [1.165, 1.54) is 6.07 Å². The van der Waals surface area contributed by atoms with Gasteiger partial charge in [-0.25, -0.2) is 4.79 Å². The smallest absolute Gasteiger partial charge is 0.319 e. The van der Waals surface area contributed by atoms with Crippen molar-refractivity contribution in [2.45, 2.75) is 27.2 Å². The number of amides is 2. The predicted molar refractivity (Wildman–Crippen MR) is 85.1 cm³/mol. The Bertz CT molecular complexity index is 518. The van der Waals surface area contributed by atoms with Crippen molar-refractivity contribution in [2.75, 3.05) is 25.1 Å². The first kappa shape index (κ1) is 17.9.